The number of methoxy groups -OCH3 is 2. The molecule has 20 heavy (non-hydrogen) atoms. The third kappa shape index (κ3) is 4.15. The van der Waals surface area contributed by atoms with Gasteiger partial charge in [-0.2, -0.15) is 0 Å². The van der Waals surface area contributed by atoms with E-state index >= 15 is 0 Å². The molecule has 118 valence electrons. The third-order valence-corrected chi connectivity index (χ3v) is 3.58. The van der Waals surface area contributed by atoms with Crippen LogP contribution in [0.1, 0.15) is 33.6 Å². The van der Waals surface area contributed by atoms with Gasteiger partial charge in [-0.25, -0.2) is 4.79 Å². The summed E-state index contributed by atoms with van der Waals surface area (Å²) in [5.41, 5.74) is 0. The van der Waals surface area contributed by atoms with Crippen LogP contribution in [0.2, 0.25) is 0 Å². The molecule has 4 atom stereocenters. The lowest BCUT2D eigenvalue weighted by Crippen LogP contribution is -2.46. The van der Waals surface area contributed by atoms with Crippen LogP contribution in [-0.2, 0) is 23.7 Å². The molecule has 1 aliphatic rings. The van der Waals surface area contributed by atoms with Crippen molar-refractivity contribution in [2.24, 2.45) is 5.92 Å². The van der Waals surface area contributed by atoms with E-state index in [-0.39, 0.29) is 12.0 Å². The number of aliphatic hydroxyl groups excluding tert-OH is 1. The molecule has 1 saturated heterocycles. The predicted molar refractivity (Wildman–Crippen MR) is 72.1 cm³/mol. The Kier molecular flexibility index (Phi) is 6.39. The zero-order valence-corrected chi connectivity index (χ0v) is 12.9. The van der Waals surface area contributed by atoms with E-state index in [2.05, 4.69) is 4.74 Å². The van der Waals surface area contributed by atoms with Crippen molar-refractivity contribution in [3.8, 4) is 0 Å². The highest BCUT2D eigenvalue weighted by molar-refractivity contribution is 5.75. The summed E-state index contributed by atoms with van der Waals surface area (Å²) in [7, 11) is 2.71. The van der Waals surface area contributed by atoms with Crippen molar-refractivity contribution in [2.45, 2.75) is 57.7 Å². The van der Waals surface area contributed by atoms with Gasteiger partial charge in [0.1, 0.15) is 0 Å². The van der Waals surface area contributed by atoms with Gasteiger partial charge in [0.05, 0.1) is 25.9 Å². The molecular weight excluding hydrogens is 264 g/mol. The second kappa shape index (κ2) is 7.36. The fraction of sp³-hybridized carbons (Fsp3) is 0.929. The number of ether oxygens (including phenoxy) is 4. The van der Waals surface area contributed by atoms with Crippen molar-refractivity contribution in [1.29, 1.82) is 0 Å². The van der Waals surface area contributed by atoms with Crippen molar-refractivity contribution in [3.63, 3.8) is 0 Å². The van der Waals surface area contributed by atoms with Crippen LogP contribution in [0.15, 0.2) is 0 Å². The van der Waals surface area contributed by atoms with Crippen LogP contribution >= 0.6 is 0 Å². The van der Waals surface area contributed by atoms with Crippen LogP contribution in [0.3, 0.4) is 0 Å². The van der Waals surface area contributed by atoms with Crippen molar-refractivity contribution in [3.05, 3.63) is 0 Å². The van der Waals surface area contributed by atoms with Gasteiger partial charge in [-0.15, -0.1) is 0 Å². The number of esters is 1. The van der Waals surface area contributed by atoms with Gasteiger partial charge in [-0.3, -0.25) is 0 Å². The van der Waals surface area contributed by atoms with Crippen LogP contribution in [0.5, 0.6) is 0 Å². The molecule has 6 nitrogen and oxygen atoms in total. The number of carbonyl (C=O) groups excluding carboxylic acids is 1. The highest BCUT2D eigenvalue weighted by atomic mass is 16.7. The highest BCUT2D eigenvalue weighted by Crippen LogP contribution is 2.32. The van der Waals surface area contributed by atoms with Gasteiger partial charge in [0.15, 0.2) is 11.9 Å². The minimum Gasteiger partial charge on any atom is -0.467 e. The van der Waals surface area contributed by atoms with Gasteiger partial charge in [0.25, 0.3) is 0 Å². The summed E-state index contributed by atoms with van der Waals surface area (Å²) >= 11 is 0. The molecule has 1 N–H and O–H groups in total. The first-order chi connectivity index (χ1) is 9.36. The van der Waals surface area contributed by atoms with Gasteiger partial charge < -0.3 is 24.1 Å². The average molecular weight is 290 g/mol. The Hall–Kier alpha value is -0.690. The van der Waals surface area contributed by atoms with Crippen LogP contribution in [0, 0.1) is 5.92 Å². The fourth-order valence-corrected chi connectivity index (χ4v) is 2.61. The van der Waals surface area contributed by atoms with Crippen molar-refractivity contribution >= 4 is 5.97 Å². The molecule has 0 amide bonds. The molecule has 0 unspecified atom stereocenters. The standard InChI is InChI=1S/C14H26O6/c1-6-7-9(10-8-19-14(2,3)20-10)12(17-4)11(15)13(16)18-5/h9-12,15H,6-8H2,1-5H3/t9-,10-,11-,12+/m1/s1. The van der Waals surface area contributed by atoms with E-state index in [1.165, 1.54) is 14.2 Å². The Labute approximate surface area is 120 Å². The van der Waals surface area contributed by atoms with Gasteiger partial charge >= 0.3 is 5.97 Å². The third-order valence-electron chi connectivity index (χ3n) is 3.58. The molecule has 1 fully saturated rings. The largest absolute Gasteiger partial charge is 0.467 e. The van der Waals surface area contributed by atoms with Gasteiger partial charge in [0.2, 0.25) is 0 Å². The number of carbonyl (C=O) groups is 1. The molecule has 0 aromatic carbocycles. The Morgan fingerprint density at radius 1 is 1.45 bits per heavy atom. The van der Waals surface area contributed by atoms with Gasteiger partial charge in [0, 0.05) is 13.0 Å². The molecule has 1 heterocycles. The van der Waals surface area contributed by atoms with Crippen molar-refractivity contribution in [2.75, 3.05) is 20.8 Å². The van der Waals surface area contributed by atoms with E-state index in [4.69, 9.17) is 14.2 Å². The number of hydrogen-bond donors (Lipinski definition) is 1. The Morgan fingerprint density at radius 2 is 2.10 bits per heavy atom. The monoisotopic (exact) mass is 290 g/mol. The van der Waals surface area contributed by atoms with Crippen molar-refractivity contribution in [1.82, 2.24) is 0 Å². The van der Waals surface area contributed by atoms with E-state index in [0.717, 1.165) is 12.8 Å². The Balaban J connectivity index is 2.84. The fourth-order valence-electron chi connectivity index (χ4n) is 2.61. The second-order valence-corrected chi connectivity index (χ2v) is 5.49. The zero-order valence-electron chi connectivity index (χ0n) is 12.9. The lowest BCUT2D eigenvalue weighted by molar-refractivity contribution is -0.172. The first kappa shape index (κ1) is 17.4. The number of rotatable bonds is 7. The van der Waals surface area contributed by atoms with Crippen molar-refractivity contribution < 1.29 is 28.8 Å². The minimum atomic E-state index is -1.33. The zero-order chi connectivity index (χ0) is 15.3. The Morgan fingerprint density at radius 3 is 2.50 bits per heavy atom. The molecule has 0 aromatic heterocycles. The average Bonchev–Trinajstić information content (AvgIpc) is 2.77. The molecule has 0 radical (unpaired) electrons. The van der Waals surface area contributed by atoms with Gasteiger partial charge in [-0.1, -0.05) is 13.3 Å². The summed E-state index contributed by atoms with van der Waals surface area (Å²) in [6.45, 7) is 6.14. The number of hydrogen-bond acceptors (Lipinski definition) is 6. The van der Waals surface area contributed by atoms with E-state index < -0.39 is 24.0 Å². The summed E-state index contributed by atoms with van der Waals surface area (Å²) in [5.74, 6) is -1.48. The normalized spacial score (nSPS) is 26.0. The molecule has 0 aliphatic carbocycles. The maximum absolute atomic E-state index is 11.5. The van der Waals surface area contributed by atoms with Gasteiger partial charge in [-0.05, 0) is 20.3 Å². The van der Waals surface area contributed by atoms with Crippen LogP contribution in [0.25, 0.3) is 0 Å². The highest BCUT2D eigenvalue weighted by Gasteiger charge is 2.44. The molecule has 0 bridgehead atoms. The summed E-state index contributed by atoms with van der Waals surface area (Å²) < 4.78 is 21.3. The molecule has 0 aromatic rings. The summed E-state index contributed by atoms with van der Waals surface area (Å²) in [6.07, 6.45) is -0.567. The Bertz CT molecular complexity index is 317. The van der Waals surface area contributed by atoms with E-state index in [9.17, 15) is 9.90 Å². The van der Waals surface area contributed by atoms with Crippen LogP contribution in [0.4, 0.5) is 0 Å². The smallest absolute Gasteiger partial charge is 0.337 e. The van der Waals surface area contributed by atoms with E-state index in [1.54, 1.807) is 0 Å². The van der Waals surface area contributed by atoms with Crippen LogP contribution in [-0.4, -0.2) is 56.0 Å². The second-order valence-electron chi connectivity index (χ2n) is 5.49. The SMILES string of the molecule is CCC[C@@H]([C@H](OC)[C@@H](O)C(=O)OC)[C@H]1COC(C)(C)O1. The van der Waals surface area contributed by atoms with E-state index in [1.807, 2.05) is 20.8 Å². The molecule has 0 spiro atoms. The summed E-state index contributed by atoms with van der Waals surface area (Å²) in [5, 5.41) is 10.1. The maximum atomic E-state index is 11.5. The first-order valence-corrected chi connectivity index (χ1v) is 6.96. The molecule has 1 rings (SSSR count). The first-order valence-electron chi connectivity index (χ1n) is 6.96. The molecular formula is C14H26O6. The van der Waals surface area contributed by atoms with E-state index in [0.29, 0.717) is 6.61 Å². The summed E-state index contributed by atoms with van der Waals surface area (Å²) in [6, 6.07) is 0. The lowest BCUT2D eigenvalue weighted by Gasteiger charge is -2.32. The minimum absolute atomic E-state index is 0.138. The van der Waals surface area contributed by atoms with Crippen LogP contribution < -0.4 is 0 Å². The quantitative estimate of drug-likeness (QED) is 0.708. The summed E-state index contributed by atoms with van der Waals surface area (Å²) in [4.78, 5) is 11.5. The maximum Gasteiger partial charge on any atom is 0.337 e. The number of aliphatic hydroxyl groups is 1. The predicted octanol–water partition coefficient (Wildman–Crippen LogP) is 1.10. The topological polar surface area (TPSA) is 74.2 Å². The molecule has 1 aliphatic heterocycles. The molecule has 6 heteroatoms. The molecule has 0 saturated carbocycles. The lowest BCUT2D eigenvalue weighted by atomic mass is 9.88.